The maximum atomic E-state index is 13.6. The maximum Gasteiger partial charge on any atom is 0.256 e. The monoisotopic (exact) mass is 405 g/mol. The molecule has 1 unspecified atom stereocenters. The van der Waals surface area contributed by atoms with Gasteiger partial charge in [0.05, 0.1) is 5.71 Å². The summed E-state index contributed by atoms with van der Waals surface area (Å²) in [4.78, 5) is 36.0. The zero-order valence-electron chi connectivity index (χ0n) is 17.8. The highest BCUT2D eigenvalue weighted by Gasteiger charge is 2.55. The molecule has 4 rings (SSSR count). The van der Waals surface area contributed by atoms with Crippen LogP contribution in [0.5, 0.6) is 0 Å². The predicted molar refractivity (Wildman–Crippen MR) is 115 cm³/mol. The molecule has 0 aliphatic carbocycles. The van der Waals surface area contributed by atoms with Gasteiger partial charge in [0.2, 0.25) is 0 Å². The van der Waals surface area contributed by atoms with Crippen molar-refractivity contribution in [1.29, 1.82) is 0 Å². The van der Waals surface area contributed by atoms with Crippen LogP contribution >= 0.6 is 0 Å². The molecule has 6 heteroatoms. The van der Waals surface area contributed by atoms with Crippen molar-refractivity contribution in [1.82, 2.24) is 9.80 Å². The molecule has 0 spiro atoms. The summed E-state index contributed by atoms with van der Waals surface area (Å²) in [6.07, 6.45) is -0.425. The van der Waals surface area contributed by atoms with Crippen LogP contribution in [0.15, 0.2) is 65.8 Å². The molecule has 0 radical (unpaired) electrons. The van der Waals surface area contributed by atoms with Gasteiger partial charge in [-0.1, -0.05) is 74.5 Å². The summed E-state index contributed by atoms with van der Waals surface area (Å²) >= 11 is 0. The Morgan fingerprint density at radius 2 is 1.63 bits per heavy atom. The Bertz CT molecular complexity index is 966. The lowest BCUT2D eigenvalue weighted by atomic mass is 9.90. The highest BCUT2D eigenvalue weighted by molar-refractivity contribution is 6.03. The van der Waals surface area contributed by atoms with E-state index in [1.807, 2.05) is 69.3 Å². The van der Waals surface area contributed by atoms with E-state index in [1.165, 1.54) is 0 Å². The molecule has 30 heavy (non-hydrogen) atoms. The van der Waals surface area contributed by atoms with Crippen LogP contribution in [0.1, 0.15) is 43.1 Å². The van der Waals surface area contributed by atoms with Gasteiger partial charge in [0.25, 0.3) is 11.8 Å². The third-order valence-electron chi connectivity index (χ3n) is 5.71. The van der Waals surface area contributed by atoms with Gasteiger partial charge in [-0.2, -0.15) is 0 Å². The number of amides is 2. The first-order chi connectivity index (χ1) is 14.3. The summed E-state index contributed by atoms with van der Waals surface area (Å²) in [5.41, 5.74) is 1.99. The third-order valence-corrected chi connectivity index (χ3v) is 5.71. The fourth-order valence-corrected chi connectivity index (χ4v) is 4.46. The van der Waals surface area contributed by atoms with E-state index in [4.69, 9.17) is 4.84 Å². The number of rotatable bonds is 3. The molecular formula is C24H27N3O3. The molecule has 6 nitrogen and oxygen atoms in total. The Kier molecular flexibility index (Phi) is 5.10. The van der Waals surface area contributed by atoms with E-state index in [-0.39, 0.29) is 23.4 Å². The second kappa shape index (κ2) is 7.59. The number of benzene rings is 2. The smallest absolute Gasteiger partial charge is 0.256 e. The standard InChI is InChI=1S/C24H27N3O3/c1-24(2,3)23-26(4)22(29)20(27(23)21(28)17-13-9-6-10-14-17)19-15-18(25-30-19)16-11-7-5-8-12-16/h5-14,19-20,23H,15H2,1-4H3/t19?,20-,23-/m0/s1. The van der Waals surface area contributed by atoms with Gasteiger partial charge in [-0.25, -0.2) is 0 Å². The van der Waals surface area contributed by atoms with Crippen molar-refractivity contribution < 1.29 is 14.4 Å². The van der Waals surface area contributed by atoms with Crippen molar-refractivity contribution >= 4 is 17.5 Å². The average molecular weight is 405 g/mol. The molecule has 2 aromatic carbocycles. The van der Waals surface area contributed by atoms with E-state index >= 15 is 0 Å². The molecule has 2 aromatic rings. The lowest BCUT2D eigenvalue weighted by molar-refractivity contribution is -0.132. The first-order valence-corrected chi connectivity index (χ1v) is 10.2. The first kappa shape index (κ1) is 20.1. The number of carbonyl (C=O) groups excluding carboxylic acids is 2. The number of carbonyl (C=O) groups is 2. The molecule has 1 fully saturated rings. The van der Waals surface area contributed by atoms with Gasteiger partial charge < -0.3 is 14.6 Å². The predicted octanol–water partition coefficient (Wildman–Crippen LogP) is 3.53. The van der Waals surface area contributed by atoms with Crippen LogP contribution in [0.4, 0.5) is 0 Å². The molecule has 3 atom stereocenters. The molecular weight excluding hydrogens is 378 g/mol. The van der Waals surface area contributed by atoms with Crippen LogP contribution in [0.2, 0.25) is 0 Å². The third kappa shape index (κ3) is 3.47. The van der Waals surface area contributed by atoms with Crippen molar-refractivity contribution in [3.05, 3.63) is 71.8 Å². The Morgan fingerprint density at radius 3 is 2.23 bits per heavy atom. The van der Waals surface area contributed by atoms with Crippen LogP contribution in [0, 0.1) is 5.41 Å². The van der Waals surface area contributed by atoms with Crippen molar-refractivity contribution in [3.63, 3.8) is 0 Å². The number of hydrogen-bond acceptors (Lipinski definition) is 4. The normalized spacial score (nSPS) is 24.1. The van der Waals surface area contributed by atoms with Crippen LogP contribution in [-0.2, 0) is 9.63 Å². The molecule has 156 valence electrons. The molecule has 2 aliphatic rings. The van der Waals surface area contributed by atoms with Gasteiger partial charge in [0, 0.05) is 24.4 Å². The molecule has 0 N–H and O–H groups in total. The zero-order chi connectivity index (χ0) is 21.5. The summed E-state index contributed by atoms with van der Waals surface area (Å²) in [6.45, 7) is 6.11. The van der Waals surface area contributed by atoms with E-state index in [9.17, 15) is 9.59 Å². The van der Waals surface area contributed by atoms with Crippen LogP contribution in [0.25, 0.3) is 0 Å². The molecule has 2 amide bonds. The summed E-state index contributed by atoms with van der Waals surface area (Å²) in [5, 5.41) is 4.25. The molecule has 2 heterocycles. The molecule has 1 saturated heterocycles. The van der Waals surface area contributed by atoms with Gasteiger partial charge in [-0.3, -0.25) is 9.59 Å². The van der Waals surface area contributed by atoms with Crippen LogP contribution in [0.3, 0.4) is 0 Å². The van der Waals surface area contributed by atoms with E-state index in [0.717, 1.165) is 11.3 Å². The first-order valence-electron chi connectivity index (χ1n) is 10.2. The number of nitrogens with zero attached hydrogens (tertiary/aromatic N) is 3. The van der Waals surface area contributed by atoms with E-state index < -0.39 is 12.1 Å². The summed E-state index contributed by atoms with van der Waals surface area (Å²) in [6, 6.07) is 18.1. The number of hydrogen-bond donors (Lipinski definition) is 0. The average Bonchev–Trinajstić information content (AvgIpc) is 3.32. The van der Waals surface area contributed by atoms with Crippen LogP contribution < -0.4 is 0 Å². The second-order valence-corrected chi connectivity index (χ2v) is 8.96. The van der Waals surface area contributed by atoms with Crippen molar-refractivity contribution in [2.45, 2.75) is 45.5 Å². The number of oxime groups is 1. The lowest BCUT2D eigenvalue weighted by Gasteiger charge is -2.39. The van der Waals surface area contributed by atoms with Crippen molar-refractivity contribution in [3.8, 4) is 0 Å². The topological polar surface area (TPSA) is 62.2 Å². The molecule has 0 saturated carbocycles. The highest BCUT2D eigenvalue weighted by atomic mass is 16.6. The summed E-state index contributed by atoms with van der Waals surface area (Å²) in [5.74, 6) is -0.288. The minimum atomic E-state index is -0.725. The molecule has 0 bridgehead atoms. The quantitative estimate of drug-likeness (QED) is 0.785. The van der Waals surface area contributed by atoms with Gasteiger partial charge >= 0.3 is 0 Å². The SMILES string of the molecule is CN1C(=O)[C@H](C2CC(c3ccccc3)=NO2)N(C(=O)c2ccccc2)[C@H]1C(C)(C)C. The second-order valence-electron chi connectivity index (χ2n) is 8.96. The zero-order valence-corrected chi connectivity index (χ0v) is 17.8. The lowest BCUT2D eigenvalue weighted by Crippen LogP contribution is -2.53. The van der Waals surface area contributed by atoms with Gasteiger partial charge in [0.1, 0.15) is 6.17 Å². The Morgan fingerprint density at radius 1 is 1.03 bits per heavy atom. The van der Waals surface area contributed by atoms with Gasteiger partial charge in [-0.15, -0.1) is 0 Å². The minimum Gasteiger partial charge on any atom is -0.389 e. The molecule has 0 aromatic heterocycles. The fourth-order valence-electron chi connectivity index (χ4n) is 4.46. The Labute approximate surface area is 177 Å². The van der Waals surface area contributed by atoms with Crippen LogP contribution in [-0.4, -0.2) is 52.7 Å². The molecule has 2 aliphatic heterocycles. The van der Waals surface area contributed by atoms with Crippen molar-refractivity contribution in [2.75, 3.05) is 7.05 Å². The Hall–Kier alpha value is -3.15. The van der Waals surface area contributed by atoms with E-state index in [0.29, 0.717) is 12.0 Å². The summed E-state index contributed by atoms with van der Waals surface area (Å²) < 4.78 is 0. The Balaban J connectivity index is 1.68. The summed E-state index contributed by atoms with van der Waals surface area (Å²) in [7, 11) is 1.76. The number of likely N-dealkylation sites (N-methyl/N-ethyl adjacent to an activating group) is 1. The largest absolute Gasteiger partial charge is 0.389 e. The van der Waals surface area contributed by atoms with E-state index in [1.54, 1.807) is 29.0 Å². The van der Waals surface area contributed by atoms with Gasteiger partial charge in [0.15, 0.2) is 12.1 Å². The van der Waals surface area contributed by atoms with E-state index in [2.05, 4.69) is 5.16 Å². The van der Waals surface area contributed by atoms with Crippen molar-refractivity contribution in [2.24, 2.45) is 10.6 Å². The maximum absolute atomic E-state index is 13.6. The van der Waals surface area contributed by atoms with Gasteiger partial charge in [-0.05, 0) is 17.7 Å². The highest BCUT2D eigenvalue weighted by Crippen LogP contribution is 2.38. The fraction of sp³-hybridized carbons (Fsp3) is 0.375. The minimum absolute atomic E-state index is 0.117.